The first-order chi connectivity index (χ1) is 25.7. The van der Waals surface area contributed by atoms with Crippen LogP contribution in [0.2, 0.25) is 0 Å². The van der Waals surface area contributed by atoms with Crippen molar-refractivity contribution in [3.63, 3.8) is 0 Å². The predicted molar refractivity (Wildman–Crippen MR) is 212 cm³/mol. The third-order valence-electron chi connectivity index (χ3n) is 10.6. The fourth-order valence-corrected chi connectivity index (χ4v) is 8.09. The van der Waals surface area contributed by atoms with Gasteiger partial charge in [0.25, 0.3) is 0 Å². The summed E-state index contributed by atoms with van der Waals surface area (Å²) in [4.78, 5) is 16.2. The highest BCUT2D eigenvalue weighted by Crippen LogP contribution is 2.43. The number of rotatable bonds is 6. The number of hydrogen-bond donors (Lipinski definition) is 0. The van der Waals surface area contributed by atoms with E-state index in [2.05, 4.69) is 198 Å². The van der Waals surface area contributed by atoms with Gasteiger partial charge in [-0.3, -0.25) is 9.13 Å². The first-order valence-electron chi connectivity index (χ1n) is 17.6. The monoisotopic (exact) mass is 667 g/mol. The lowest BCUT2D eigenvalue weighted by Crippen LogP contribution is -2.26. The van der Waals surface area contributed by atoms with Crippen LogP contribution in [-0.4, -0.2) is 24.1 Å². The first kappa shape index (κ1) is 30.0. The molecule has 7 aromatic carbocycles. The molecule has 3 heterocycles. The van der Waals surface area contributed by atoms with E-state index in [1.807, 2.05) is 0 Å². The minimum Gasteiger partial charge on any atom is -0.278 e. The maximum atomic E-state index is 5.41. The van der Waals surface area contributed by atoms with Crippen molar-refractivity contribution in [1.82, 2.24) is 24.1 Å². The Bertz CT molecular complexity index is 2640. The van der Waals surface area contributed by atoms with E-state index < -0.39 is 5.41 Å². The molecule has 10 aromatic rings. The molecule has 0 fully saturated rings. The van der Waals surface area contributed by atoms with E-state index >= 15 is 0 Å². The van der Waals surface area contributed by atoms with Crippen molar-refractivity contribution in [2.75, 3.05) is 0 Å². The van der Waals surface area contributed by atoms with Gasteiger partial charge in [-0.1, -0.05) is 158 Å². The van der Waals surface area contributed by atoms with Gasteiger partial charge in [-0.25, -0.2) is 0 Å². The molecule has 0 atom stereocenters. The number of fused-ring (bicyclic) bond motifs is 6. The topological polar surface area (TPSA) is 48.5 Å². The maximum absolute atomic E-state index is 5.41. The van der Waals surface area contributed by atoms with Crippen LogP contribution in [0.5, 0.6) is 0 Å². The van der Waals surface area contributed by atoms with Crippen molar-refractivity contribution in [2.45, 2.75) is 12.3 Å². The quantitative estimate of drug-likeness (QED) is 0.166. The molecular formula is C47H33N5. The van der Waals surface area contributed by atoms with Gasteiger partial charge in [0.05, 0.1) is 22.1 Å². The SMILES string of the molecule is CC(c1ccccc1)(c1ccccc1)c1ccccc1-c1nc(-n2c3ccccc3c3ccccc32)nc(-n2c3ccccc3c3ccccc32)n1. The second-order valence-corrected chi connectivity index (χ2v) is 13.4. The van der Waals surface area contributed by atoms with E-state index in [-0.39, 0.29) is 0 Å². The Morgan fingerprint density at radius 2 is 0.712 bits per heavy atom. The van der Waals surface area contributed by atoms with Crippen molar-refractivity contribution in [3.8, 4) is 23.3 Å². The largest absolute Gasteiger partial charge is 0.278 e. The molecule has 0 unspecified atom stereocenters. The summed E-state index contributed by atoms with van der Waals surface area (Å²) in [5.41, 5.74) is 8.10. The molecular weight excluding hydrogens is 635 g/mol. The van der Waals surface area contributed by atoms with E-state index in [4.69, 9.17) is 15.0 Å². The van der Waals surface area contributed by atoms with E-state index in [1.165, 1.54) is 11.1 Å². The molecule has 0 radical (unpaired) electrons. The number of aromatic nitrogens is 5. The van der Waals surface area contributed by atoms with Crippen molar-refractivity contribution < 1.29 is 0 Å². The Hall–Kier alpha value is -6.85. The van der Waals surface area contributed by atoms with Crippen LogP contribution in [0.1, 0.15) is 23.6 Å². The lowest BCUT2D eigenvalue weighted by molar-refractivity contribution is 0.693. The van der Waals surface area contributed by atoms with Crippen LogP contribution >= 0.6 is 0 Å². The second-order valence-electron chi connectivity index (χ2n) is 13.4. The van der Waals surface area contributed by atoms with Crippen LogP contribution in [0.4, 0.5) is 0 Å². The highest BCUT2D eigenvalue weighted by molar-refractivity contribution is 6.10. The van der Waals surface area contributed by atoms with E-state index in [0.717, 1.165) is 54.7 Å². The Balaban J connectivity index is 1.32. The molecule has 5 nitrogen and oxygen atoms in total. The minimum atomic E-state index is -0.508. The normalized spacial score (nSPS) is 11.9. The zero-order valence-corrected chi connectivity index (χ0v) is 28.6. The number of para-hydroxylation sites is 4. The number of nitrogens with zero attached hydrogens (tertiary/aromatic N) is 5. The van der Waals surface area contributed by atoms with Crippen LogP contribution in [0.15, 0.2) is 182 Å². The van der Waals surface area contributed by atoms with Crippen LogP contribution in [0.25, 0.3) is 66.9 Å². The summed E-state index contributed by atoms with van der Waals surface area (Å²) in [5, 5.41) is 4.61. The summed E-state index contributed by atoms with van der Waals surface area (Å²) in [7, 11) is 0. The molecule has 0 saturated heterocycles. The molecule has 246 valence electrons. The van der Waals surface area contributed by atoms with Gasteiger partial charge in [0.1, 0.15) is 0 Å². The van der Waals surface area contributed by atoms with E-state index in [9.17, 15) is 0 Å². The van der Waals surface area contributed by atoms with Crippen LogP contribution in [-0.2, 0) is 5.41 Å². The summed E-state index contributed by atoms with van der Waals surface area (Å²) in [6.07, 6.45) is 0. The zero-order chi connectivity index (χ0) is 34.6. The van der Waals surface area contributed by atoms with Gasteiger partial charge in [-0.05, 0) is 47.9 Å². The first-order valence-corrected chi connectivity index (χ1v) is 17.6. The number of benzene rings is 7. The third kappa shape index (κ3) is 4.53. The molecule has 0 bridgehead atoms. The van der Waals surface area contributed by atoms with Crippen molar-refractivity contribution in [3.05, 3.63) is 199 Å². The number of hydrogen-bond acceptors (Lipinski definition) is 3. The van der Waals surface area contributed by atoms with Crippen molar-refractivity contribution in [1.29, 1.82) is 0 Å². The summed E-state index contributed by atoms with van der Waals surface area (Å²) in [5.74, 6) is 1.74. The average molecular weight is 668 g/mol. The molecule has 52 heavy (non-hydrogen) atoms. The third-order valence-corrected chi connectivity index (χ3v) is 10.6. The molecule has 0 aliphatic carbocycles. The minimum absolute atomic E-state index is 0.508. The van der Waals surface area contributed by atoms with Crippen molar-refractivity contribution >= 4 is 43.6 Å². The Labute approximate surface area is 301 Å². The molecule has 0 N–H and O–H groups in total. The lowest BCUT2D eigenvalue weighted by Gasteiger charge is -2.33. The Morgan fingerprint density at radius 1 is 0.365 bits per heavy atom. The predicted octanol–water partition coefficient (Wildman–Crippen LogP) is 11.1. The summed E-state index contributed by atoms with van der Waals surface area (Å²) < 4.78 is 4.37. The zero-order valence-electron chi connectivity index (χ0n) is 28.6. The van der Waals surface area contributed by atoms with Gasteiger partial charge in [0.15, 0.2) is 5.82 Å². The van der Waals surface area contributed by atoms with Gasteiger partial charge in [-0.15, -0.1) is 0 Å². The van der Waals surface area contributed by atoms with E-state index in [1.54, 1.807) is 0 Å². The smallest absolute Gasteiger partial charge is 0.240 e. The van der Waals surface area contributed by atoms with Gasteiger partial charge in [0, 0.05) is 32.5 Å². The fraction of sp³-hybridized carbons (Fsp3) is 0.0426. The molecule has 0 aliphatic rings. The molecule has 0 spiro atoms. The molecule has 10 rings (SSSR count). The van der Waals surface area contributed by atoms with E-state index in [0.29, 0.717) is 17.7 Å². The summed E-state index contributed by atoms with van der Waals surface area (Å²) in [6.45, 7) is 2.30. The molecule has 3 aromatic heterocycles. The van der Waals surface area contributed by atoms with Gasteiger partial charge in [-0.2, -0.15) is 15.0 Å². The fourth-order valence-electron chi connectivity index (χ4n) is 8.09. The highest BCUT2D eigenvalue weighted by Gasteiger charge is 2.34. The highest BCUT2D eigenvalue weighted by atomic mass is 15.3. The standard InChI is InChI=1S/C47H33N5/c1-47(32-18-4-2-5-19-32,33-20-6-3-7-21-33)39-27-13-8-26-38(39)44-48-45(51-40-28-14-9-22-34(40)35-23-10-15-29-41(35)51)50-46(49-44)52-42-30-16-11-24-36(42)37-25-12-17-31-43(37)52/h2-31H,1H3. The Kier molecular flexibility index (Phi) is 6.86. The van der Waals surface area contributed by atoms with Crippen LogP contribution < -0.4 is 0 Å². The molecule has 5 heteroatoms. The Morgan fingerprint density at radius 3 is 1.13 bits per heavy atom. The summed E-state index contributed by atoms with van der Waals surface area (Å²) >= 11 is 0. The van der Waals surface area contributed by atoms with Gasteiger partial charge in [0.2, 0.25) is 11.9 Å². The van der Waals surface area contributed by atoms with Crippen LogP contribution in [0, 0.1) is 0 Å². The summed E-state index contributed by atoms with van der Waals surface area (Å²) in [6, 6.07) is 64.0. The maximum Gasteiger partial charge on any atom is 0.240 e. The molecule has 0 saturated carbocycles. The van der Waals surface area contributed by atoms with Gasteiger partial charge >= 0.3 is 0 Å². The molecule has 0 aliphatic heterocycles. The van der Waals surface area contributed by atoms with Gasteiger partial charge < -0.3 is 0 Å². The average Bonchev–Trinajstić information content (AvgIpc) is 3.74. The molecule has 0 amide bonds. The lowest BCUT2D eigenvalue weighted by atomic mass is 9.69. The van der Waals surface area contributed by atoms with Crippen molar-refractivity contribution in [2.24, 2.45) is 0 Å². The second kappa shape index (κ2) is 11.9. The van der Waals surface area contributed by atoms with Crippen LogP contribution in [0.3, 0.4) is 0 Å².